The Balaban J connectivity index is 2.24. The largest absolute Gasteiger partial charge is 0.287 e. The average Bonchev–Trinajstić information content (AvgIpc) is 2.34. The lowest BCUT2D eigenvalue weighted by molar-refractivity contribution is -0.111. The number of hydrogen-bond acceptors (Lipinski definition) is 2. The molecule has 64 valence electrons. The second-order valence-electron chi connectivity index (χ2n) is 2.81. The normalized spacial score (nSPS) is 30.7. The quantitative estimate of drug-likeness (QED) is 0.490. The molecule has 11 heavy (non-hydrogen) atoms. The van der Waals surface area contributed by atoms with Crippen molar-refractivity contribution in [2.75, 3.05) is 10.2 Å². The highest BCUT2D eigenvalue weighted by atomic mass is 127. The van der Waals surface area contributed by atoms with E-state index in [1.165, 1.54) is 10.8 Å². The minimum absolute atomic E-state index is 0.0460. The average molecular weight is 302 g/mol. The van der Waals surface area contributed by atoms with Crippen molar-refractivity contribution in [1.29, 1.82) is 0 Å². The summed E-state index contributed by atoms with van der Waals surface area (Å²) >= 11 is 8.19. The number of carbonyl (C=O) groups excluding carboxylic acids is 1. The molecule has 0 aromatic rings. The maximum Gasteiger partial charge on any atom is 0.186 e. The Labute approximate surface area is 90.6 Å². The topological polar surface area (TPSA) is 17.1 Å². The number of hydrogen-bond donors (Lipinski definition) is 1. The molecule has 0 spiro atoms. The van der Waals surface area contributed by atoms with Crippen molar-refractivity contribution < 1.29 is 4.79 Å². The number of halogens is 1. The number of rotatable bonds is 3. The molecule has 1 fully saturated rings. The van der Waals surface area contributed by atoms with Gasteiger partial charge in [0.2, 0.25) is 0 Å². The highest BCUT2D eigenvalue weighted by Gasteiger charge is 2.25. The standard InChI is InChI=1S/C7H11IOS2/c8-3-6-1-5(4-11-6)2-7(9)10/h5-6H,1-4H2,(H,9,10). The number of thioether (sulfide) groups is 1. The summed E-state index contributed by atoms with van der Waals surface area (Å²) in [4.78, 5) is 10.6. The molecule has 0 saturated carbocycles. The van der Waals surface area contributed by atoms with Crippen molar-refractivity contribution in [3.8, 4) is 0 Å². The molecular formula is C7H11IOS2. The maximum absolute atomic E-state index is 10.6. The van der Waals surface area contributed by atoms with E-state index in [4.69, 9.17) is 0 Å². The first-order valence-corrected chi connectivity index (χ1v) is 6.64. The maximum atomic E-state index is 10.6. The zero-order valence-electron chi connectivity index (χ0n) is 6.12. The van der Waals surface area contributed by atoms with Crippen LogP contribution in [0.25, 0.3) is 0 Å². The summed E-state index contributed by atoms with van der Waals surface area (Å²) in [6.45, 7) is 0. The van der Waals surface area contributed by atoms with Crippen LogP contribution in [0.1, 0.15) is 12.8 Å². The van der Waals surface area contributed by atoms with E-state index in [-0.39, 0.29) is 5.12 Å². The Morgan fingerprint density at radius 1 is 1.73 bits per heavy atom. The minimum Gasteiger partial charge on any atom is -0.287 e. The number of carbonyl (C=O) groups is 1. The smallest absolute Gasteiger partial charge is 0.186 e. The third-order valence-corrected chi connectivity index (χ3v) is 5.14. The van der Waals surface area contributed by atoms with Crippen LogP contribution in [-0.4, -0.2) is 20.5 Å². The van der Waals surface area contributed by atoms with Crippen LogP contribution < -0.4 is 0 Å². The van der Waals surface area contributed by atoms with Crippen LogP contribution in [0.5, 0.6) is 0 Å². The fraction of sp³-hybridized carbons (Fsp3) is 0.857. The Bertz CT molecular complexity index is 151. The fourth-order valence-electron chi connectivity index (χ4n) is 1.28. The summed E-state index contributed by atoms with van der Waals surface area (Å²) < 4.78 is 1.21. The van der Waals surface area contributed by atoms with Gasteiger partial charge in [0.15, 0.2) is 5.12 Å². The first-order valence-electron chi connectivity index (χ1n) is 3.61. The van der Waals surface area contributed by atoms with E-state index in [1.54, 1.807) is 0 Å². The van der Waals surface area contributed by atoms with E-state index in [1.807, 2.05) is 11.8 Å². The second-order valence-corrected chi connectivity index (χ2v) is 5.52. The molecule has 4 heteroatoms. The van der Waals surface area contributed by atoms with Crippen molar-refractivity contribution in [2.45, 2.75) is 18.1 Å². The molecular weight excluding hydrogens is 291 g/mol. The Morgan fingerprint density at radius 2 is 2.45 bits per heavy atom. The zero-order valence-corrected chi connectivity index (χ0v) is 9.99. The molecule has 0 amide bonds. The molecule has 1 rings (SSSR count). The van der Waals surface area contributed by atoms with Gasteiger partial charge in [-0.3, -0.25) is 4.79 Å². The predicted octanol–water partition coefficient (Wildman–Crippen LogP) is 2.39. The first kappa shape index (κ1) is 10.2. The van der Waals surface area contributed by atoms with Gasteiger partial charge in [0, 0.05) is 16.1 Å². The number of alkyl halides is 1. The van der Waals surface area contributed by atoms with Crippen molar-refractivity contribution in [2.24, 2.45) is 5.92 Å². The summed E-state index contributed by atoms with van der Waals surface area (Å²) in [6.07, 6.45) is 1.88. The van der Waals surface area contributed by atoms with Crippen LogP contribution in [0.4, 0.5) is 0 Å². The second kappa shape index (κ2) is 4.97. The molecule has 0 N–H and O–H groups in total. The van der Waals surface area contributed by atoms with Crippen molar-refractivity contribution in [3.05, 3.63) is 0 Å². The summed E-state index contributed by atoms with van der Waals surface area (Å²) in [5.74, 6) is 1.75. The molecule has 2 atom stereocenters. The van der Waals surface area contributed by atoms with Gasteiger partial charge >= 0.3 is 0 Å². The summed E-state index contributed by atoms with van der Waals surface area (Å²) in [6, 6.07) is 0. The zero-order chi connectivity index (χ0) is 8.27. The Kier molecular flexibility index (Phi) is 4.60. The van der Waals surface area contributed by atoms with Crippen LogP contribution in [0, 0.1) is 5.92 Å². The highest BCUT2D eigenvalue weighted by molar-refractivity contribution is 14.1. The van der Waals surface area contributed by atoms with Crippen LogP contribution in [0.3, 0.4) is 0 Å². The molecule has 1 aliphatic heterocycles. The first-order chi connectivity index (χ1) is 5.22. The van der Waals surface area contributed by atoms with Crippen LogP contribution in [0.2, 0.25) is 0 Å². The third-order valence-electron chi connectivity index (χ3n) is 1.80. The van der Waals surface area contributed by atoms with E-state index in [9.17, 15) is 4.79 Å². The summed E-state index contributed by atoms with van der Waals surface area (Å²) in [5, 5.41) is 0.831. The molecule has 0 aromatic carbocycles. The molecule has 0 aromatic heterocycles. The molecule has 0 radical (unpaired) electrons. The van der Waals surface area contributed by atoms with Crippen LogP contribution >= 0.6 is 47.0 Å². The van der Waals surface area contributed by atoms with Crippen LogP contribution in [0.15, 0.2) is 0 Å². The van der Waals surface area contributed by atoms with Gasteiger partial charge in [-0.25, -0.2) is 0 Å². The van der Waals surface area contributed by atoms with Crippen molar-refractivity contribution >= 4 is 52.1 Å². The third kappa shape index (κ3) is 3.55. The van der Waals surface area contributed by atoms with Gasteiger partial charge in [-0.2, -0.15) is 11.8 Å². The lowest BCUT2D eigenvalue weighted by atomic mass is 10.0. The monoisotopic (exact) mass is 302 g/mol. The molecule has 1 heterocycles. The van der Waals surface area contributed by atoms with E-state index in [0.29, 0.717) is 12.3 Å². The molecule has 1 saturated heterocycles. The Hall–Kier alpha value is 1.10. The lowest BCUT2D eigenvalue weighted by Crippen LogP contribution is -2.05. The van der Waals surface area contributed by atoms with E-state index >= 15 is 0 Å². The summed E-state index contributed by atoms with van der Waals surface area (Å²) in [7, 11) is 0. The molecule has 2 unspecified atom stereocenters. The Morgan fingerprint density at radius 3 is 2.91 bits per heavy atom. The lowest BCUT2D eigenvalue weighted by Gasteiger charge is -2.04. The summed E-state index contributed by atoms with van der Waals surface area (Å²) in [5.41, 5.74) is 0. The van der Waals surface area contributed by atoms with Gasteiger partial charge in [0.1, 0.15) is 0 Å². The predicted molar refractivity (Wildman–Crippen MR) is 61.9 cm³/mol. The molecule has 0 aliphatic carbocycles. The molecule has 1 aliphatic rings. The number of thiol groups is 1. The fourth-order valence-corrected chi connectivity index (χ4v) is 3.95. The van der Waals surface area contributed by atoms with Gasteiger partial charge in [-0.1, -0.05) is 22.6 Å². The molecule has 1 nitrogen and oxygen atoms in total. The van der Waals surface area contributed by atoms with E-state index in [2.05, 4.69) is 35.2 Å². The van der Waals surface area contributed by atoms with Gasteiger partial charge in [0.05, 0.1) is 0 Å². The SMILES string of the molecule is O=C(S)CC1CSC(CI)C1. The van der Waals surface area contributed by atoms with Gasteiger partial charge < -0.3 is 0 Å². The van der Waals surface area contributed by atoms with Gasteiger partial charge in [0.25, 0.3) is 0 Å². The van der Waals surface area contributed by atoms with E-state index in [0.717, 1.165) is 11.0 Å². The van der Waals surface area contributed by atoms with Crippen molar-refractivity contribution in [3.63, 3.8) is 0 Å². The molecule has 0 bridgehead atoms. The van der Waals surface area contributed by atoms with Gasteiger partial charge in [-0.15, -0.1) is 12.6 Å². The minimum atomic E-state index is 0.0460. The highest BCUT2D eigenvalue weighted by Crippen LogP contribution is 2.34. The van der Waals surface area contributed by atoms with E-state index < -0.39 is 0 Å². The van der Waals surface area contributed by atoms with Crippen molar-refractivity contribution in [1.82, 2.24) is 0 Å². The van der Waals surface area contributed by atoms with Gasteiger partial charge in [-0.05, 0) is 18.1 Å². The van der Waals surface area contributed by atoms with Crippen LogP contribution in [-0.2, 0) is 4.79 Å².